The van der Waals surface area contributed by atoms with Crippen molar-refractivity contribution in [2.24, 2.45) is 11.8 Å². The van der Waals surface area contributed by atoms with Crippen molar-refractivity contribution in [1.82, 2.24) is 10.3 Å². The molecule has 1 saturated heterocycles. The highest BCUT2D eigenvalue weighted by Gasteiger charge is 2.21. The average molecular weight is 267 g/mol. The number of likely N-dealkylation sites (tertiary alicyclic amines) is 1. The van der Waals surface area contributed by atoms with Gasteiger partial charge in [-0.05, 0) is 44.8 Å². The van der Waals surface area contributed by atoms with Gasteiger partial charge in [-0.3, -0.25) is 15.1 Å². The molecule has 0 bridgehead atoms. The summed E-state index contributed by atoms with van der Waals surface area (Å²) in [6, 6.07) is 1.75. The fourth-order valence-corrected chi connectivity index (χ4v) is 2.47. The van der Waals surface area contributed by atoms with Crippen molar-refractivity contribution in [3.63, 3.8) is 0 Å². The molecule has 106 valence electrons. The van der Waals surface area contributed by atoms with Crippen LogP contribution in [0, 0.1) is 12.8 Å². The van der Waals surface area contributed by atoms with Gasteiger partial charge in [0.2, 0.25) is 0 Å². The van der Waals surface area contributed by atoms with Crippen molar-refractivity contribution in [3.8, 4) is 0 Å². The SMILES string of the molecule is Cc1oc(CN2CCC(CO)CC2)cc1C(=O)NN. The molecule has 6 heteroatoms. The van der Waals surface area contributed by atoms with Crippen LogP contribution in [0.3, 0.4) is 0 Å². The summed E-state index contributed by atoms with van der Waals surface area (Å²) in [6.07, 6.45) is 2.01. The van der Waals surface area contributed by atoms with E-state index < -0.39 is 0 Å². The fraction of sp³-hybridized carbons (Fsp3) is 0.615. The zero-order valence-electron chi connectivity index (χ0n) is 11.2. The number of nitrogens with one attached hydrogen (secondary N) is 1. The van der Waals surface area contributed by atoms with Crippen molar-refractivity contribution in [2.75, 3.05) is 19.7 Å². The van der Waals surface area contributed by atoms with Crippen molar-refractivity contribution in [2.45, 2.75) is 26.3 Å². The van der Waals surface area contributed by atoms with Gasteiger partial charge in [-0.2, -0.15) is 0 Å². The minimum Gasteiger partial charge on any atom is -0.464 e. The van der Waals surface area contributed by atoms with Gasteiger partial charge in [0.15, 0.2) is 0 Å². The Kier molecular flexibility index (Phi) is 4.57. The minimum absolute atomic E-state index is 0.272. The highest BCUT2D eigenvalue weighted by atomic mass is 16.3. The molecule has 0 aliphatic carbocycles. The summed E-state index contributed by atoms with van der Waals surface area (Å²) >= 11 is 0. The standard InChI is InChI=1S/C13H21N3O3/c1-9-12(13(18)15-14)6-11(19-9)7-16-4-2-10(8-17)3-5-16/h6,10,17H,2-5,7-8,14H2,1H3,(H,15,18). The number of hydrogen-bond acceptors (Lipinski definition) is 5. The number of nitrogens with two attached hydrogens (primary N) is 1. The van der Waals surface area contributed by atoms with Gasteiger partial charge in [0.25, 0.3) is 5.91 Å². The molecule has 1 aromatic rings. The van der Waals surface area contributed by atoms with Gasteiger partial charge in [0.05, 0.1) is 12.1 Å². The quantitative estimate of drug-likeness (QED) is 0.417. The van der Waals surface area contributed by atoms with E-state index in [1.165, 1.54) is 0 Å². The molecule has 6 nitrogen and oxygen atoms in total. The Morgan fingerprint density at radius 3 is 2.84 bits per heavy atom. The van der Waals surface area contributed by atoms with Crippen molar-refractivity contribution < 1.29 is 14.3 Å². The molecule has 0 aromatic carbocycles. The van der Waals surface area contributed by atoms with Crippen LogP contribution in [-0.2, 0) is 6.54 Å². The number of aliphatic hydroxyl groups excluding tert-OH is 1. The maximum absolute atomic E-state index is 11.5. The van der Waals surface area contributed by atoms with E-state index in [2.05, 4.69) is 10.3 Å². The highest BCUT2D eigenvalue weighted by Crippen LogP contribution is 2.21. The number of amides is 1. The van der Waals surface area contributed by atoms with Crippen molar-refractivity contribution in [3.05, 3.63) is 23.2 Å². The summed E-state index contributed by atoms with van der Waals surface area (Å²) in [5, 5.41) is 9.10. The Hall–Kier alpha value is -1.37. The molecule has 0 spiro atoms. The highest BCUT2D eigenvalue weighted by molar-refractivity contribution is 5.94. The number of carbonyl (C=O) groups is 1. The van der Waals surface area contributed by atoms with Crippen LogP contribution in [0.15, 0.2) is 10.5 Å². The third-order valence-electron chi connectivity index (χ3n) is 3.69. The first-order valence-corrected chi connectivity index (χ1v) is 6.57. The third-order valence-corrected chi connectivity index (χ3v) is 3.69. The Morgan fingerprint density at radius 2 is 2.26 bits per heavy atom. The molecule has 2 heterocycles. The number of hydrazine groups is 1. The zero-order valence-corrected chi connectivity index (χ0v) is 11.2. The van der Waals surface area contributed by atoms with Crippen LogP contribution in [-0.4, -0.2) is 35.6 Å². The molecule has 4 N–H and O–H groups in total. The monoisotopic (exact) mass is 267 g/mol. The lowest BCUT2D eigenvalue weighted by atomic mass is 9.98. The van der Waals surface area contributed by atoms with Crippen LogP contribution in [0.2, 0.25) is 0 Å². The van der Waals surface area contributed by atoms with E-state index in [-0.39, 0.29) is 12.5 Å². The van der Waals surface area contributed by atoms with Gasteiger partial charge in [-0.15, -0.1) is 0 Å². The molecule has 2 rings (SSSR count). The summed E-state index contributed by atoms with van der Waals surface area (Å²) in [5.41, 5.74) is 2.60. The normalized spacial score (nSPS) is 17.6. The van der Waals surface area contributed by atoms with E-state index in [0.29, 0.717) is 23.8 Å². The molecule has 1 aliphatic heterocycles. The van der Waals surface area contributed by atoms with Crippen LogP contribution in [0.1, 0.15) is 34.7 Å². The van der Waals surface area contributed by atoms with E-state index in [1.807, 2.05) is 0 Å². The van der Waals surface area contributed by atoms with Gasteiger partial charge >= 0.3 is 0 Å². The molecule has 1 fully saturated rings. The topological polar surface area (TPSA) is 91.7 Å². The van der Waals surface area contributed by atoms with Crippen LogP contribution in [0.25, 0.3) is 0 Å². The number of nitrogen functional groups attached to an aromatic ring is 1. The number of carbonyl (C=O) groups excluding carboxylic acids is 1. The Bertz CT molecular complexity index is 436. The molecule has 19 heavy (non-hydrogen) atoms. The average Bonchev–Trinajstić information content (AvgIpc) is 2.79. The number of furan rings is 1. The van der Waals surface area contributed by atoms with E-state index in [1.54, 1.807) is 13.0 Å². The van der Waals surface area contributed by atoms with Crippen LogP contribution in [0.4, 0.5) is 0 Å². The number of hydrogen-bond donors (Lipinski definition) is 3. The molecule has 0 saturated carbocycles. The van der Waals surface area contributed by atoms with Crippen LogP contribution < -0.4 is 11.3 Å². The Morgan fingerprint density at radius 1 is 1.58 bits per heavy atom. The lowest BCUT2D eigenvalue weighted by Gasteiger charge is -2.30. The molecule has 1 aliphatic rings. The Labute approximate surface area is 112 Å². The van der Waals surface area contributed by atoms with Gasteiger partial charge in [-0.1, -0.05) is 0 Å². The minimum atomic E-state index is -0.327. The molecule has 0 atom stereocenters. The van der Waals surface area contributed by atoms with E-state index in [0.717, 1.165) is 31.7 Å². The Balaban J connectivity index is 1.95. The van der Waals surface area contributed by atoms with E-state index >= 15 is 0 Å². The van der Waals surface area contributed by atoms with Gasteiger partial charge < -0.3 is 9.52 Å². The maximum atomic E-state index is 11.5. The van der Waals surface area contributed by atoms with Crippen LogP contribution >= 0.6 is 0 Å². The first-order valence-electron chi connectivity index (χ1n) is 6.57. The van der Waals surface area contributed by atoms with E-state index in [4.69, 9.17) is 15.4 Å². The largest absolute Gasteiger partial charge is 0.464 e. The second-order valence-electron chi connectivity index (χ2n) is 5.06. The summed E-state index contributed by atoms with van der Waals surface area (Å²) in [6.45, 7) is 4.62. The van der Waals surface area contributed by atoms with Crippen LogP contribution in [0.5, 0.6) is 0 Å². The lowest BCUT2D eigenvalue weighted by Crippen LogP contribution is -2.34. The predicted octanol–water partition coefficient (Wildman–Crippen LogP) is 0.396. The number of piperidine rings is 1. The zero-order chi connectivity index (χ0) is 13.8. The van der Waals surface area contributed by atoms with Crippen molar-refractivity contribution in [1.29, 1.82) is 0 Å². The summed E-state index contributed by atoms with van der Waals surface area (Å²) in [4.78, 5) is 13.8. The second-order valence-corrected chi connectivity index (χ2v) is 5.06. The molecule has 1 aromatic heterocycles. The van der Waals surface area contributed by atoms with Gasteiger partial charge in [-0.25, -0.2) is 5.84 Å². The fourth-order valence-electron chi connectivity index (χ4n) is 2.47. The number of rotatable bonds is 4. The first-order chi connectivity index (χ1) is 9.13. The molecule has 1 amide bonds. The van der Waals surface area contributed by atoms with Gasteiger partial charge in [0, 0.05) is 6.61 Å². The molecule has 0 unspecified atom stereocenters. The third kappa shape index (κ3) is 3.34. The number of nitrogens with zero attached hydrogens (tertiary/aromatic N) is 1. The summed E-state index contributed by atoms with van der Waals surface area (Å²) < 4.78 is 5.59. The van der Waals surface area contributed by atoms with Gasteiger partial charge in [0.1, 0.15) is 11.5 Å². The molecule has 0 radical (unpaired) electrons. The molecular formula is C13H21N3O3. The lowest BCUT2D eigenvalue weighted by molar-refractivity contribution is 0.0952. The summed E-state index contributed by atoms with van der Waals surface area (Å²) in [7, 11) is 0. The smallest absolute Gasteiger partial charge is 0.268 e. The number of aryl methyl sites for hydroxylation is 1. The second kappa shape index (κ2) is 6.18. The maximum Gasteiger partial charge on any atom is 0.268 e. The summed E-state index contributed by atoms with van der Waals surface area (Å²) in [5.74, 6) is 6.58. The van der Waals surface area contributed by atoms with Crippen molar-refractivity contribution >= 4 is 5.91 Å². The number of aliphatic hydroxyl groups is 1. The van der Waals surface area contributed by atoms with E-state index in [9.17, 15) is 4.79 Å². The molecular weight excluding hydrogens is 246 g/mol. The first kappa shape index (κ1) is 14.0. The predicted molar refractivity (Wildman–Crippen MR) is 70.2 cm³/mol.